The van der Waals surface area contributed by atoms with Gasteiger partial charge >= 0.3 is 12.1 Å². The summed E-state index contributed by atoms with van der Waals surface area (Å²) in [6.45, 7) is 0. The highest BCUT2D eigenvalue weighted by atomic mass is 35.5. The van der Waals surface area contributed by atoms with Crippen LogP contribution in [0.1, 0.15) is 31.5 Å². The minimum absolute atomic E-state index is 0.0131. The maximum absolute atomic E-state index is 12.3. The van der Waals surface area contributed by atoms with Gasteiger partial charge in [-0.25, -0.2) is 24.5 Å². The molecule has 458 valence electrons. The molecule has 36 nitrogen and oxygen atoms in total. The van der Waals surface area contributed by atoms with E-state index >= 15 is 0 Å². The van der Waals surface area contributed by atoms with E-state index in [4.69, 9.17) is 25.8 Å². The Balaban J connectivity index is 0.000000189. The normalized spacial score (nSPS) is 10.4. The fourth-order valence-electron chi connectivity index (χ4n) is 7.49. The van der Waals surface area contributed by atoms with Crippen molar-refractivity contribution in [3.8, 4) is 51.0 Å². The molecule has 0 saturated heterocycles. The Morgan fingerprint density at radius 1 is 0.466 bits per heavy atom. The van der Waals surface area contributed by atoms with Gasteiger partial charge in [-0.1, -0.05) is 11.6 Å². The fraction of sp³-hybridized carbons (Fsp3) is 0.255. The number of carbonyl (C=O) groups is 5. The molecule has 0 fully saturated rings. The third kappa shape index (κ3) is 15.5. The maximum atomic E-state index is 12.3. The summed E-state index contributed by atoms with van der Waals surface area (Å²) in [5.41, 5.74) is 4.76. The monoisotopic (exact) mass is 1230 g/mol. The van der Waals surface area contributed by atoms with Gasteiger partial charge in [0.05, 0.1) is 73.7 Å². The molecule has 0 aliphatic heterocycles. The number of rotatable bonds is 17. The van der Waals surface area contributed by atoms with Gasteiger partial charge in [0.2, 0.25) is 0 Å². The molecule has 9 aromatic rings. The molecule has 0 saturated carbocycles. The van der Waals surface area contributed by atoms with Crippen molar-refractivity contribution in [2.45, 2.75) is 0 Å². The van der Waals surface area contributed by atoms with E-state index in [0.29, 0.717) is 74.2 Å². The van der Waals surface area contributed by atoms with Crippen LogP contribution in [0.3, 0.4) is 0 Å². The largest absolute Gasteiger partial charge is 0.492 e. The Bertz CT molecular complexity index is 3810. The SMILES string of the molecule is CNC(=O)c1nnc(Cl)cc1Nc1nccc(-c2cnn(C)n2)c1OC.CNC(=O)c1nnc(NC(=O)N(C)C)cc1Nc1nccc(-c2cnn(C)n2)c1OC.CNC(=O)c1nnc(NC(=O)N(C)C)cc1Nc1nccc(-c2cnn(C)n2)c1OC. The van der Waals surface area contributed by atoms with E-state index in [1.165, 1.54) is 84.9 Å². The number of anilines is 8. The summed E-state index contributed by atoms with van der Waals surface area (Å²) in [6, 6.07) is 8.88. The van der Waals surface area contributed by atoms with Crippen LogP contribution >= 0.6 is 11.6 Å². The number of aromatic nitrogens is 18. The second-order valence-electron chi connectivity index (χ2n) is 18.1. The van der Waals surface area contributed by atoms with Crippen LogP contribution in [0.4, 0.5) is 55.7 Å². The zero-order valence-electron chi connectivity index (χ0n) is 49.5. The highest BCUT2D eigenvalue weighted by molar-refractivity contribution is 6.29. The molecule has 0 aliphatic carbocycles. The second kappa shape index (κ2) is 29.1. The number of methoxy groups -OCH3 is 3. The predicted molar refractivity (Wildman–Crippen MR) is 319 cm³/mol. The van der Waals surface area contributed by atoms with E-state index in [2.05, 4.69) is 119 Å². The van der Waals surface area contributed by atoms with Crippen LogP contribution in [0.25, 0.3) is 33.8 Å². The lowest BCUT2D eigenvalue weighted by molar-refractivity contribution is 0.0950. The van der Waals surface area contributed by atoms with Crippen molar-refractivity contribution in [1.29, 1.82) is 0 Å². The van der Waals surface area contributed by atoms with Gasteiger partial charge in [-0.2, -0.15) is 45.0 Å². The Hall–Kier alpha value is -11.9. The summed E-state index contributed by atoms with van der Waals surface area (Å²) >= 11 is 5.92. The third-order valence-corrected chi connectivity index (χ3v) is 11.9. The van der Waals surface area contributed by atoms with Crippen molar-refractivity contribution >= 4 is 87.5 Å². The van der Waals surface area contributed by atoms with Gasteiger partial charge in [0.1, 0.15) is 17.1 Å². The first-order valence-corrected chi connectivity index (χ1v) is 26.0. The summed E-state index contributed by atoms with van der Waals surface area (Å²) in [5, 5.41) is 70.2. The molecule has 0 atom stereocenters. The molecule has 7 amide bonds. The van der Waals surface area contributed by atoms with E-state index in [-0.39, 0.29) is 45.2 Å². The van der Waals surface area contributed by atoms with Gasteiger partial charge in [-0.3, -0.25) is 25.0 Å². The molecule has 37 heteroatoms. The molecule has 9 aromatic heterocycles. The molecule has 0 bridgehead atoms. The van der Waals surface area contributed by atoms with E-state index in [1.54, 1.807) is 105 Å². The number of aryl methyl sites for hydroxylation is 3. The lowest BCUT2D eigenvalue weighted by Crippen LogP contribution is -2.28. The van der Waals surface area contributed by atoms with E-state index in [9.17, 15) is 24.0 Å². The molecule has 0 aliphatic rings. The number of pyridine rings is 3. The van der Waals surface area contributed by atoms with Gasteiger partial charge in [0.15, 0.2) is 68.6 Å². The first-order chi connectivity index (χ1) is 42.2. The Kier molecular flexibility index (Phi) is 21.1. The summed E-state index contributed by atoms with van der Waals surface area (Å²) in [5.74, 6) is 1.16. The molecule has 0 radical (unpaired) electrons. The number of carbonyl (C=O) groups excluding carboxylic acids is 5. The van der Waals surface area contributed by atoms with Crippen molar-refractivity contribution < 1.29 is 38.2 Å². The van der Waals surface area contributed by atoms with Crippen LogP contribution in [-0.2, 0) is 21.1 Å². The van der Waals surface area contributed by atoms with Crippen LogP contribution in [0.5, 0.6) is 17.2 Å². The molecule has 0 aromatic carbocycles. The van der Waals surface area contributed by atoms with Crippen molar-refractivity contribution in [2.24, 2.45) is 21.1 Å². The second-order valence-corrected chi connectivity index (χ2v) is 18.4. The van der Waals surface area contributed by atoms with E-state index in [1.807, 2.05) is 0 Å². The average Bonchev–Trinajstić information content (AvgIpc) is 2.90. The van der Waals surface area contributed by atoms with Gasteiger partial charge in [0.25, 0.3) is 17.7 Å². The van der Waals surface area contributed by atoms with Gasteiger partial charge in [0, 0.05) is 107 Å². The third-order valence-electron chi connectivity index (χ3n) is 11.7. The number of hydrogen-bond acceptors (Lipinski definition) is 26. The number of halogens is 1. The number of nitrogens with one attached hydrogen (secondary N) is 8. The summed E-state index contributed by atoms with van der Waals surface area (Å²) < 4.78 is 16.6. The Morgan fingerprint density at radius 2 is 0.773 bits per heavy atom. The smallest absolute Gasteiger partial charge is 0.322 e. The fourth-order valence-corrected chi connectivity index (χ4v) is 7.63. The quantitative estimate of drug-likeness (QED) is 0.0649. The van der Waals surface area contributed by atoms with Crippen molar-refractivity contribution in [2.75, 3.05) is 97.2 Å². The average molecular weight is 1230 g/mol. The molecule has 0 spiro atoms. The van der Waals surface area contributed by atoms with E-state index in [0.717, 1.165) is 0 Å². The molecule has 8 N–H and O–H groups in total. The number of urea groups is 2. The van der Waals surface area contributed by atoms with Crippen molar-refractivity contribution in [3.63, 3.8) is 0 Å². The van der Waals surface area contributed by atoms with Gasteiger partial charge < -0.3 is 55.9 Å². The summed E-state index contributed by atoms with van der Waals surface area (Å²) in [4.78, 5) is 80.4. The lowest BCUT2D eigenvalue weighted by atomic mass is 10.2. The predicted octanol–water partition coefficient (Wildman–Crippen LogP) is 3.18. The van der Waals surface area contributed by atoms with Crippen molar-refractivity contribution in [3.05, 3.63) is 95.8 Å². The standard InChI is InChI=1S/2C18H22N10O3.C15H15ClN8O2/c2*1-19-17(29)14-11(8-13(24-25-14)23-18(30)27(2)3)22-16-15(31-5)10(6-7-20-16)12-9-21-28(4)26-12;1-17-15(25)12-9(6-11(16)21-22-12)20-14-13(26-3)8(4-5-18-14)10-7-19-24(2)23-10/h2*6-9H,1-5H3,(H,19,29)(H2,20,22,23,24,30);4-7H,1-3H3,(H,17,25)(H,18,20,21). The number of hydrogen-bond donors (Lipinski definition) is 8. The first kappa shape index (κ1) is 63.7. The zero-order valence-corrected chi connectivity index (χ0v) is 50.3. The number of amides is 7. The number of nitrogens with zero attached hydrogens (tertiary/aromatic N) is 20. The topological polar surface area (TPSA) is 424 Å². The maximum Gasteiger partial charge on any atom is 0.322 e. The molecule has 9 heterocycles. The Morgan fingerprint density at radius 3 is 1.05 bits per heavy atom. The molecular weight excluding hydrogens is 1170 g/mol. The highest BCUT2D eigenvalue weighted by Crippen LogP contribution is 2.39. The number of ether oxygens (including phenoxy) is 3. The summed E-state index contributed by atoms with van der Waals surface area (Å²) in [7, 11) is 20.4. The zero-order chi connectivity index (χ0) is 63.8. The van der Waals surface area contributed by atoms with Gasteiger partial charge in [-0.05, 0) is 18.2 Å². The molecule has 88 heavy (non-hydrogen) atoms. The lowest BCUT2D eigenvalue weighted by Gasteiger charge is -2.16. The Labute approximate surface area is 505 Å². The molecule has 0 unspecified atom stereocenters. The minimum atomic E-state index is -0.468. The van der Waals surface area contributed by atoms with Crippen LogP contribution in [0, 0.1) is 0 Å². The highest BCUT2D eigenvalue weighted by Gasteiger charge is 2.24. The van der Waals surface area contributed by atoms with Gasteiger partial charge in [-0.15, -0.1) is 30.6 Å². The van der Waals surface area contributed by atoms with Crippen LogP contribution in [0.2, 0.25) is 5.15 Å². The van der Waals surface area contributed by atoms with Crippen LogP contribution in [-0.4, -0.2) is 201 Å². The van der Waals surface area contributed by atoms with Crippen molar-refractivity contribution in [1.82, 2.24) is 116 Å². The first-order valence-electron chi connectivity index (χ1n) is 25.6. The van der Waals surface area contributed by atoms with Crippen LogP contribution < -0.4 is 56.7 Å². The molecular formula is C51H59ClN28O8. The van der Waals surface area contributed by atoms with E-state index < -0.39 is 29.8 Å². The molecule has 9 rings (SSSR count). The summed E-state index contributed by atoms with van der Waals surface area (Å²) in [6.07, 6.45) is 9.53. The minimum Gasteiger partial charge on any atom is -0.492 e. The van der Waals surface area contributed by atoms with Crippen LogP contribution in [0.15, 0.2) is 73.6 Å².